The van der Waals surface area contributed by atoms with Gasteiger partial charge in [-0.3, -0.25) is 4.57 Å². The molecule has 0 radical (unpaired) electrons. The van der Waals surface area contributed by atoms with Crippen LogP contribution in [0.3, 0.4) is 0 Å². The van der Waals surface area contributed by atoms with Gasteiger partial charge >= 0.3 is 5.95 Å². The van der Waals surface area contributed by atoms with Gasteiger partial charge in [-0.2, -0.15) is 4.98 Å². The summed E-state index contributed by atoms with van der Waals surface area (Å²) < 4.78 is 4.60. The Morgan fingerprint density at radius 1 is 0.524 bits per heavy atom. The Bertz CT molecular complexity index is 2810. The van der Waals surface area contributed by atoms with E-state index in [2.05, 4.69) is 105 Å². The predicted octanol–water partition coefficient (Wildman–Crippen LogP) is 9.58. The molecule has 0 aliphatic carbocycles. The standard InChI is InChI=1S/C37H19N5/c1-38-36-25-14-4-7-15-29(25)39-37(40-36)42-31-17-9-6-13-24(31)27-20-26-23-12-5-8-16-30(23)41-32-19-22-11-3-2-10-21(22)18-28(32)33(34(26)41)35(27)42/h2-20H. The lowest BCUT2D eigenvalue weighted by atomic mass is 10.0. The molecule has 6 aromatic carbocycles. The van der Waals surface area contributed by atoms with E-state index in [0.717, 1.165) is 32.7 Å². The van der Waals surface area contributed by atoms with E-state index in [1.54, 1.807) is 0 Å². The van der Waals surface area contributed by atoms with Gasteiger partial charge in [0.2, 0.25) is 0 Å². The Balaban J connectivity index is 1.52. The topological polar surface area (TPSA) is 39.5 Å². The Morgan fingerprint density at radius 3 is 1.98 bits per heavy atom. The molecule has 0 atom stereocenters. The van der Waals surface area contributed by atoms with Crippen molar-refractivity contribution in [1.29, 1.82) is 0 Å². The van der Waals surface area contributed by atoms with Gasteiger partial charge in [-0.1, -0.05) is 90.4 Å². The minimum absolute atomic E-state index is 0.361. The molecule has 0 unspecified atom stereocenters. The third-order valence-electron chi connectivity index (χ3n) is 8.84. The smallest absolute Gasteiger partial charge is 0.332 e. The van der Waals surface area contributed by atoms with Crippen LogP contribution in [-0.4, -0.2) is 18.9 Å². The van der Waals surface area contributed by atoms with Crippen molar-refractivity contribution < 1.29 is 0 Å². The summed E-state index contributed by atoms with van der Waals surface area (Å²) in [5.41, 5.74) is 6.42. The van der Waals surface area contributed by atoms with Gasteiger partial charge in [0.1, 0.15) is 0 Å². The summed E-state index contributed by atoms with van der Waals surface area (Å²) >= 11 is 0. The van der Waals surface area contributed by atoms with E-state index < -0.39 is 0 Å². The molecule has 192 valence electrons. The Hall–Kier alpha value is -5.99. The molecule has 5 heteroatoms. The third kappa shape index (κ3) is 2.57. The van der Waals surface area contributed by atoms with Gasteiger partial charge in [-0.05, 0) is 47.2 Å². The van der Waals surface area contributed by atoms with Gasteiger partial charge in [0.15, 0.2) is 0 Å². The highest BCUT2D eigenvalue weighted by Gasteiger charge is 2.26. The molecule has 42 heavy (non-hydrogen) atoms. The fourth-order valence-corrected chi connectivity index (χ4v) is 7.13. The highest BCUT2D eigenvalue weighted by Crippen LogP contribution is 2.47. The van der Waals surface area contributed by atoms with Crippen LogP contribution in [-0.2, 0) is 0 Å². The zero-order valence-electron chi connectivity index (χ0n) is 22.2. The van der Waals surface area contributed by atoms with Gasteiger partial charge < -0.3 is 9.25 Å². The van der Waals surface area contributed by atoms with Gasteiger partial charge in [-0.15, -0.1) is 0 Å². The van der Waals surface area contributed by atoms with Crippen molar-refractivity contribution in [3.05, 3.63) is 127 Å². The molecule has 0 aliphatic rings. The van der Waals surface area contributed by atoms with E-state index in [0.29, 0.717) is 11.8 Å². The van der Waals surface area contributed by atoms with E-state index in [4.69, 9.17) is 16.5 Å². The molecule has 0 N–H and O–H groups in total. The molecule has 4 aromatic heterocycles. The number of benzene rings is 6. The molecular weight excluding hydrogens is 514 g/mol. The van der Waals surface area contributed by atoms with Crippen LogP contribution in [0.25, 0.3) is 92.4 Å². The molecule has 5 nitrogen and oxygen atoms in total. The highest BCUT2D eigenvalue weighted by molar-refractivity contribution is 6.34. The highest BCUT2D eigenvalue weighted by atomic mass is 15.2. The monoisotopic (exact) mass is 533 g/mol. The second-order valence-corrected chi connectivity index (χ2v) is 10.9. The van der Waals surface area contributed by atoms with Crippen LogP contribution in [0, 0.1) is 6.57 Å². The first-order chi connectivity index (χ1) is 20.8. The molecule has 0 spiro atoms. The van der Waals surface area contributed by atoms with Crippen molar-refractivity contribution in [2.75, 3.05) is 0 Å². The minimum atomic E-state index is 0.361. The molecule has 0 amide bonds. The van der Waals surface area contributed by atoms with Crippen LogP contribution in [0.4, 0.5) is 5.82 Å². The van der Waals surface area contributed by atoms with Crippen molar-refractivity contribution in [3.63, 3.8) is 0 Å². The predicted molar refractivity (Wildman–Crippen MR) is 172 cm³/mol. The summed E-state index contributed by atoms with van der Waals surface area (Å²) in [6, 6.07) is 40.5. The van der Waals surface area contributed by atoms with Crippen LogP contribution in [0.1, 0.15) is 0 Å². The molecule has 10 aromatic rings. The molecule has 10 rings (SSSR count). The number of fused-ring (bicyclic) bond motifs is 12. The van der Waals surface area contributed by atoms with E-state index >= 15 is 0 Å². The first-order valence-electron chi connectivity index (χ1n) is 14.0. The van der Waals surface area contributed by atoms with E-state index in [1.807, 2.05) is 24.3 Å². The quantitative estimate of drug-likeness (QED) is 0.197. The number of para-hydroxylation sites is 3. The minimum Gasteiger partial charge on any atom is -0.360 e. The van der Waals surface area contributed by atoms with Crippen LogP contribution in [0.15, 0.2) is 115 Å². The molecule has 0 saturated heterocycles. The number of nitrogens with zero attached hydrogens (tertiary/aromatic N) is 5. The van der Waals surface area contributed by atoms with Crippen molar-refractivity contribution >= 4 is 87.4 Å². The number of hydrogen-bond acceptors (Lipinski definition) is 2. The van der Waals surface area contributed by atoms with Crippen LogP contribution in [0.5, 0.6) is 0 Å². The number of rotatable bonds is 1. The van der Waals surface area contributed by atoms with Crippen molar-refractivity contribution in [1.82, 2.24) is 18.9 Å². The van der Waals surface area contributed by atoms with Gasteiger partial charge in [-0.25, -0.2) is 0 Å². The third-order valence-corrected chi connectivity index (χ3v) is 8.84. The molecule has 0 bridgehead atoms. The van der Waals surface area contributed by atoms with Crippen molar-refractivity contribution in [3.8, 4) is 5.95 Å². The normalized spacial score (nSPS) is 12.3. The maximum atomic E-state index is 7.93. The van der Waals surface area contributed by atoms with Crippen molar-refractivity contribution in [2.45, 2.75) is 0 Å². The second-order valence-electron chi connectivity index (χ2n) is 10.9. The molecule has 0 saturated carbocycles. The van der Waals surface area contributed by atoms with Crippen LogP contribution < -0.4 is 0 Å². The largest absolute Gasteiger partial charge is 0.360 e. The summed E-state index contributed by atoms with van der Waals surface area (Å²) in [7, 11) is 0. The summed E-state index contributed by atoms with van der Waals surface area (Å²) in [5.74, 6) is 0.873. The Kier molecular flexibility index (Phi) is 3.94. The summed E-state index contributed by atoms with van der Waals surface area (Å²) in [6.07, 6.45) is 0. The molecule has 4 heterocycles. The van der Waals surface area contributed by atoms with E-state index in [-0.39, 0.29) is 0 Å². The number of aromatic nitrogens is 4. The molecule has 0 fully saturated rings. The summed E-state index contributed by atoms with van der Waals surface area (Å²) in [6.45, 7) is 7.93. The fourth-order valence-electron chi connectivity index (χ4n) is 7.13. The SMILES string of the molecule is [C-]#[N+]c1nc(-n2c3ccccc3c3cc4c5ccccc5n5c6cc7ccccc7cc6c(c32)c45)nc2ccccc12. The van der Waals surface area contributed by atoms with Crippen molar-refractivity contribution in [2.24, 2.45) is 0 Å². The average molecular weight is 534 g/mol. The molecule has 0 aliphatic heterocycles. The van der Waals surface area contributed by atoms with Crippen LogP contribution >= 0.6 is 0 Å². The van der Waals surface area contributed by atoms with E-state index in [9.17, 15) is 0 Å². The Labute approximate surface area is 238 Å². The zero-order valence-corrected chi connectivity index (χ0v) is 22.2. The first-order valence-corrected chi connectivity index (χ1v) is 14.0. The maximum Gasteiger partial charge on any atom is 0.332 e. The summed E-state index contributed by atoms with van der Waals surface area (Å²) in [4.78, 5) is 13.7. The summed E-state index contributed by atoms with van der Waals surface area (Å²) in [5, 5.41) is 10.3. The van der Waals surface area contributed by atoms with Gasteiger partial charge in [0.25, 0.3) is 5.82 Å². The maximum absolute atomic E-state index is 7.93. The first kappa shape index (κ1) is 21.8. The number of hydrogen-bond donors (Lipinski definition) is 0. The lowest BCUT2D eigenvalue weighted by Gasteiger charge is -2.07. The lowest BCUT2D eigenvalue weighted by molar-refractivity contribution is 1.02. The zero-order chi connectivity index (χ0) is 27.5. The fraction of sp³-hybridized carbons (Fsp3) is 0. The Morgan fingerprint density at radius 2 is 1.17 bits per heavy atom. The van der Waals surface area contributed by atoms with Gasteiger partial charge in [0.05, 0.1) is 33.1 Å². The average Bonchev–Trinajstić information content (AvgIpc) is 3.67. The van der Waals surface area contributed by atoms with Crippen LogP contribution in [0.2, 0.25) is 0 Å². The lowest BCUT2D eigenvalue weighted by Crippen LogP contribution is -2.01. The van der Waals surface area contributed by atoms with E-state index in [1.165, 1.54) is 48.9 Å². The van der Waals surface area contributed by atoms with Gasteiger partial charge in [0, 0.05) is 37.7 Å². The second kappa shape index (κ2) is 7.60. The molecular formula is C37H19N5.